The maximum Gasteiger partial charge on any atom is 0.162 e. The Morgan fingerprint density at radius 3 is 2.00 bits per heavy atom. The van der Waals surface area contributed by atoms with Crippen molar-refractivity contribution in [2.45, 2.75) is 0 Å². The Morgan fingerprint density at radius 2 is 1.33 bits per heavy atom. The third-order valence-corrected chi connectivity index (χ3v) is 5.89. The molecule has 0 bridgehead atoms. The monoisotopic (exact) mass is 472 g/mol. The molecule has 0 aliphatic carbocycles. The predicted molar refractivity (Wildman–Crippen MR) is 143 cm³/mol. The highest BCUT2D eigenvalue weighted by Crippen LogP contribution is 2.35. The first-order valence-corrected chi connectivity index (χ1v) is 11.8. The molecule has 0 atom stereocenters. The second-order valence-electron chi connectivity index (χ2n) is 8.30. The average Bonchev–Trinajstić information content (AvgIpc) is 3.39. The molecule has 0 spiro atoms. The first-order chi connectivity index (χ1) is 17.8. The van der Waals surface area contributed by atoms with Crippen molar-refractivity contribution in [3.05, 3.63) is 121 Å². The normalized spacial score (nSPS) is 12.6. The van der Waals surface area contributed by atoms with Crippen molar-refractivity contribution in [2.24, 2.45) is 5.10 Å². The van der Waals surface area contributed by atoms with E-state index in [0.717, 1.165) is 45.4 Å². The molecular weight excluding hydrogens is 448 g/mol. The van der Waals surface area contributed by atoms with Gasteiger partial charge in [-0.3, -0.25) is 0 Å². The van der Waals surface area contributed by atoms with Crippen LogP contribution in [-0.4, -0.2) is 29.2 Å². The summed E-state index contributed by atoms with van der Waals surface area (Å²) in [7, 11) is 0. The van der Waals surface area contributed by atoms with Crippen molar-refractivity contribution in [1.29, 1.82) is 0 Å². The minimum atomic E-state index is 0.534. The van der Waals surface area contributed by atoms with E-state index in [9.17, 15) is 0 Å². The number of anilines is 2. The van der Waals surface area contributed by atoms with Crippen LogP contribution in [0.15, 0.2) is 120 Å². The van der Waals surface area contributed by atoms with Gasteiger partial charge in [0.1, 0.15) is 18.9 Å². The zero-order valence-corrected chi connectivity index (χ0v) is 19.6. The van der Waals surface area contributed by atoms with Crippen LogP contribution in [0.1, 0.15) is 5.56 Å². The van der Waals surface area contributed by atoms with Crippen LogP contribution in [0.4, 0.5) is 11.4 Å². The maximum absolute atomic E-state index is 5.83. The number of nitrogens with zero attached hydrogens (tertiary/aromatic N) is 4. The van der Waals surface area contributed by atoms with Gasteiger partial charge in [-0.1, -0.05) is 54.6 Å². The standard InChI is InChI=1S/C30H24N4O2/c1-4-10-25(11-5-1)33-22-24(30(32-33)23-16-17-28-29(20-23)36-19-18-35-28)21-31-34(26-12-6-2-7-13-26)27-14-8-3-9-15-27/h1-17,20-22H,18-19H2/b31-21-. The fourth-order valence-electron chi connectivity index (χ4n) is 4.15. The Morgan fingerprint density at radius 1 is 0.722 bits per heavy atom. The van der Waals surface area contributed by atoms with E-state index in [2.05, 4.69) is 0 Å². The number of fused-ring (bicyclic) bond motifs is 1. The van der Waals surface area contributed by atoms with Gasteiger partial charge in [0.15, 0.2) is 11.5 Å². The maximum atomic E-state index is 5.83. The van der Waals surface area contributed by atoms with E-state index in [1.807, 2.05) is 131 Å². The summed E-state index contributed by atoms with van der Waals surface area (Å²) in [6.45, 7) is 1.09. The van der Waals surface area contributed by atoms with E-state index in [0.29, 0.717) is 13.2 Å². The largest absolute Gasteiger partial charge is 0.486 e. The minimum Gasteiger partial charge on any atom is -0.486 e. The van der Waals surface area contributed by atoms with Gasteiger partial charge in [-0.15, -0.1) is 0 Å². The summed E-state index contributed by atoms with van der Waals surface area (Å²) in [5.74, 6) is 1.48. The molecule has 0 N–H and O–H groups in total. The Labute approximate surface area is 209 Å². The van der Waals surface area contributed by atoms with E-state index < -0.39 is 0 Å². The van der Waals surface area contributed by atoms with Crippen LogP contribution in [0.5, 0.6) is 11.5 Å². The smallest absolute Gasteiger partial charge is 0.162 e. The van der Waals surface area contributed by atoms with Crippen LogP contribution >= 0.6 is 0 Å². The highest BCUT2D eigenvalue weighted by molar-refractivity contribution is 5.90. The summed E-state index contributed by atoms with van der Waals surface area (Å²) >= 11 is 0. The number of aromatic nitrogens is 2. The Hall–Kier alpha value is -4.84. The van der Waals surface area contributed by atoms with Gasteiger partial charge < -0.3 is 9.47 Å². The lowest BCUT2D eigenvalue weighted by Crippen LogP contribution is -2.15. The number of hydrogen-bond donors (Lipinski definition) is 0. The second kappa shape index (κ2) is 9.80. The van der Waals surface area contributed by atoms with E-state index in [1.165, 1.54) is 0 Å². The predicted octanol–water partition coefficient (Wildman–Crippen LogP) is 6.48. The van der Waals surface area contributed by atoms with Crippen LogP contribution < -0.4 is 14.5 Å². The average molecular weight is 473 g/mol. The Balaban J connectivity index is 1.44. The molecule has 4 aromatic carbocycles. The molecule has 6 nitrogen and oxygen atoms in total. The molecular formula is C30H24N4O2. The van der Waals surface area contributed by atoms with Gasteiger partial charge in [0.05, 0.1) is 23.3 Å². The van der Waals surface area contributed by atoms with Gasteiger partial charge in [0.25, 0.3) is 0 Å². The lowest BCUT2D eigenvalue weighted by Gasteiger charge is -2.19. The fraction of sp³-hybridized carbons (Fsp3) is 0.0667. The third kappa shape index (κ3) is 4.44. The highest BCUT2D eigenvalue weighted by Gasteiger charge is 2.17. The minimum absolute atomic E-state index is 0.534. The van der Waals surface area contributed by atoms with E-state index >= 15 is 0 Å². The van der Waals surface area contributed by atoms with Crippen LogP contribution in [0.25, 0.3) is 16.9 Å². The zero-order chi connectivity index (χ0) is 24.2. The van der Waals surface area contributed by atoms with Crippen molar-refractivity contribution >= 4 is 17.6 Å². The van der Waals surface area contributed by atoms with Crippen molar-refractivity contribution in [2.75, 3.05) is 18.2 Å². The Bertz CT molecular complexity index is 1440. The van der Waals surface area contributed by atoms with Crippen molar-refractivity contribution in [1.82, 2.24) is 9.78 Å². The van der Waals surface area contributed by atoms with Crippen LogP contribution in [-0.2, 0) is 0 Å². The lowest BCUT2D eigenvalue weighted by molar-refractivity contribution is 0.171. The van der Waals surface area contributed by atoms with Gasteiger partial charge in [-0.2, -0.15) is 10.2 Å². The molecule has 6 heteroatoms. The summed E-state index contributed by atoms with van der Waals surface area (Å²) in [6.07, 6.45) is 3.86. The first kappa shape index (κ1) is 21.7. The number of ether oxygens (including phenoxy) is 2. The van der Waals surface area contributed by atoms with Gasteiger partial charge >= 0.3 is 0 Å². The molecule has 5 aromatic rings. The van der Waals surface area contributed by atoms with Gasteiger partial charge in [-0.05, 0) is 54.6 Å². The number of rotatable bonds is 6. The number of para-hydroxylation sites is 3. The van der Waals surface area contributed by atoms with Crippen LogP contribution in [0.3, 0.4) is 0 Å². The van der Waals surface area contributed by atoms with Gasteiger partial charge in [-0.25, -0.2) is 9.69 Å². The molecule has 6 rings (SSSR count). The molecule has 0 amide bonds. The molecule has 0 fully saturated rings. The summed E-state index contributed by atoms with van der Waals surface area (Å²) < 4.78 is 13.4. The summed E-state index contributed by atoms with van der Waals surface area (Å²) in [5, 5.41) is 11.8. The third-order valence-electron chi connectivity index (χ3n) is 5.89. The van der Waals surface area contributed by atoms with Crippen LogP contribution in [0, 0.1) is 0 Å². The van der Waals surface area contributed by atoms with E-state index in [-0.39, 0.29) is 0 Å². The van der Waals surface area contributed by atoms with E-state index in [1.54, 1.807) is 0 Å². The number of hydrogen-bond acceptors (Lipinski definition) is 5. The number of hydrazone groups is 1. The quantitative estimate of drug-likeness (QED) is 0.210. The lowest BCUT2D eigenvalue weighted by atomic mass is 10.1. The van der Waals surface area contributed by atoms with Crippen molar-refractivity contribution < 1.29 is 9.47 Å². The molecule has 1 aliphatic heterocycles. The topological polar surface area (TPSA) is 51.9 Å². The molecule has 1 aromatic heterocycles. The fourth-order valence-corrected chi connectivity index (χ4v) is 4.15. The molecule has 2 heterocycles. The molecule has 36 heavy (non-hydrogen) atoms. The van der Waals surface area contributed by atoms with Crippen LogP contribution in [0.2, 0.25) is 0 Å². The molecule has 176 valence electrons. The summed E-state index contributed by atoms with van der Waals surface area (Å²) in [6, 6.07) is 36.2. The molecule has 0 radical (unpaired) electrons. The van der Waals surface area contributed by atoms with Crippen molar-refractivity contribution in [3.63, 3.8) is 0 Å². The highest BCUT2D eigenvalue weighted by atomic mass is 16.6. The summed E-state index contributed by atoms with van der Waals surface area (Å²) in [4.78, 5) is 0. The molecule has 0 unspecified atom stereocenters. The van der Waals surface area contributed by atoms with Gasteiger partial charge in [0, 0.05) is 17.3 Å². The zero-order valence-electron chi connectivity index (χ0n) is 19.6. The number of benzene rings is 4. The van der Waals surface area contributed by atoms with Gasteiger partial charge in [0.2, 0.25) is 0 Å². The Kier molecular flexibility index (Phi) is 5.90. The first-order valence-electron chi connectivity index (χ1n) is 11.8. The molecule has 1 aliphatic rings. The molecule has 0 saturated carbocycles. The summed E-state index contributed by atoms with van der Waals surface area (Å²) in [5.41, 5.74) is 5.53. The van der Waals surface area contributed by atoms with Crippen molar-refractivity contribution in [3.8, 4) is 28.4 Å². The van der Waals surface area contributed by atoms with E-state index in [4.69, 9.17) is 19.7 Å². The second-order valence-corrected chi connectivity index (χ2v) is 8.30. The molecule has 0 saturated heterocycles. The SMILES string of the molecule is C(=N/N(c1ccccc1)c1ccccc1)/c1cn(-c2ccccc2)nc1-c1ccc2c(c1)OCCO2.